The number of hydrogen-bond acceptors (Lipinski definition) is 2. The summed E-state index contributed by atoms with van der Waals surface area (Å²) < 4.78 is 16.0. The molecule has 1 heterocycles. The molecule has 0 spiro atoms. The summed E-state index contributed by atoms with van der Waals surface area (Å²) >= 11 is 3.19. The van der Waals surface area contributed by atoms with Crippen molar-refractivity contribution in [3.8, 4) is 5.69 Å². The van der Waals surface area contributed by atoms with E-state index in [9.17, 15) is 4.39 Å². The number of hydrogen-bond donors (Lipinski definition) is 1. The maximum absolute atomic E-state index is 13.7. The van der Waals surface area contributed by atoms with Crippen molar-refractivity contribution in [2.45, 2.75) is 20.8 Å². The Bertz CT molecular complexity index is 578. The van der Waals surface area contributed by atoms with Gasteiger partial charge in [0.25, 0.3) is 0 Å². The molecule has 0 aliphatic carbocycles. The van der Waals surface area contributed by atoms with Crippen molar-refractivity contribution < 1.29 is 4.39 Å². The summed E-state index contributed by atoms with van der Waals surface area (Å²) in [5.74, 6) is 0.462. The van der Waals surface area contributed by atoms with Crippen LogP contribution in [0.1, 0.15) is 18.2 Å². The van der Waals surface area contributed by atoms with Crippen molar-refractivity contribution >= 4 is 21.9 Å². The minimum absolute atomic E-state index is 0.274. The third-order valence-electron chi connectivity index (χ3n) is 2.66. The second-order valence-electron chi connectivity index (χ2n) is 4.16. The van der Waals surface area contributed by atoms with Gasteiger partial charge in [0.05, 0.1) is 15.9 Å². The monoisotopic (exact) mass is 311 g/mol. The molecular weight excluding hydrogens is 297 g/mol. The molecule has 2 aromatic rings. The van der Waals surface area contributed by atoms with E-state index in [-0.39, 0.29) is 5.82 Å². The lowest BCUT2D eigenvalue weighted by atomic mass is 10.2. The van der Waals surface area contributed by atoms with E-state index in [4.69, 9.17) is 0 Å². The van der Waals surface area contributed by atoms with Crippen LogP contribution in [0.5, 0.6) is 0 Å². The predicted octanol–water partition coefficient (Wildman–Crippen LogP) is 3.82. The van der Waals surface area contributed by atoms with Gasteiger partial charge in [-0.25, -0.2) is 9.37 Å². The molecule has 1 N–H and O–H groups in total. The number of imidazole rings is 1. The Balaban J connectivity index is 2.57. The van der Waals surface area contributed by atoms with Crippen LogP contribution in [0.4, 0.5) is 10.3 Å². The second-order valence-corrected chi connectivity index (χ2v) is 5.01. The van der Waals surface area contributed by atoms with Gasteiger partial charge >= 0.3 is 0 Å². The molecule has 0 bridgehead atoms. The normalized spacial score (nSPS) is 10.7. The van der Waals surface area contributed by atoms with Crippen molar-refractivity contribution in [2.24, 2.45) is 0 Å². The zero-order valence-corrected chi connectivity index (χ0v) is 12.2. The van der Waals surface area contributed by atoms with Gasteiger partial charge in [-0.05, 0) is 54.4 Å². The first kappa shape index (κ1) is 13.1. The number of aryl methyl sites for hydroxylation is 2. The lowest BCUT2D eigenvalue weighted by molar-refractivity contribution is 0.619. The minimum Gasteiger partial charge on any atom is -0.356 e. The number of nitrogens with one attached hydrogen (secondary N) is 1. The summed E-state index contributed by atoms with van der Waals surface area (Å²) in [6, 6.07) is 3.29. The Morgan fingerprint density at radius 3 is 2.78 bits per heavy atom. The van der Waals surface area contributed by atoms with Crippen molar-refractivity contribution in [1.82, 2.24) is 9.55 Å². The molecule has 0 saturated heterocycles. The van der Waals surface area contributed by atoms with Crippen LogP contribution in [0.25, 0.3) is 5.69 Å². The van der Waals surface area contributed by atoms with Crippen LogP contribution in [0.2, 0.25) is 0 Å². The smallest absolute Gasteiger partial charge is 0.207 e. The van der Waals surface area contributed by atoms with Crippen LogP contribution < -0.4 is 5.32 Å². The van der Waals surface area contributed by atoms with Crippen molar-refractivity contribution in [3.05, 3.63) is 39.9 Å². The highest BCUT2D eigenvalue weighted by Gasteiger charge is 2.11. The summed E-state index contributed by atoms with van der Waals surface area (Å²) in [4.78, 5) is 4.39. The van der Waals surface area contributed by atoms with E-state index in [0.717, 1.165) is 29.4 Å². The highest BCUT2D eigenvalue weighted by Crippen LogP contribution is 2.25. The number of halogens is 2. The molecule has 0 atom stereocenters. The van der Waals surface area contributed by atoms with Crippen LogP contribution in [0.15, 0.2) is 22.8 Å². The van der Waals surface area contributed by atoms with Gasteiger partial charge in [0, 0.05) is 12.7 Å². The van der Waals surface area contributed by atoms with E-state index < -0.39 is 0 Å². The number of anilines is 1. The molecule has 0 radical (unpaired) electrons. The molecule has 1 aromatic heterocycles. The third kappa shape index (κ3) is 2.41. The first-order valence-electron chi connectivity index (χ1n) is 5.78. The highest BCUT2D eigenvalue weighted by molar-refractivity contribution is 9.10. The maximum atomic E-state index is 13.7. The fraction of sp³-hybridized carbons (Fsp3) is 0.308. The van der Waals surface area contributed by atoms with Gasteiger partial charge in [-0.3, -0.25) is 4.57 Å². The van der Waals surface area contributed by atoms with E-state index in [1.54, 1.807) is 6.07 Å². The number of benzene rings is 1. The molecule has 3 nitrogen and oxygen atoms in total. The van der Waals surface area contributed by atoms with E-state index in [2.05, 4.69) is 26.2 Å². The zero-order valence-electron chi connectivity index (χ0n) is 10.6. The Morgan fingerprint density at radius 1 is 1.39 bits per heavy atom. The standard InChI is InChI=1S/C13H15BrFN3/c1-4-16-13-17-9(3)7-18(13)12-6-11(15)10(14)5-8(12)2/h5-7H,4H2,1-3H3,(H,16,17). The molecule has 5 heteroatoms. The van der Waals surface area contributed by atoms with Crippen molar-refractivity contribution in [3.63, 3.8) is 0 Å². The van der Waals surface area contributed by atoms with Gasteiger partial charge in [-0.15, -0.1) is 0 Å². The van der Waals surface area contributed by atoms with E-state index in [0.29, 0.717) is 4.47 Å². The first-order valence-corrected chi connectivity index (χ1v) is 6.58. The van der Waals surface area contributed by atoms with Gasteiger partial charge in [0.2, 0.25) is 5.95 Å². The maximum Gasteiger partial charge on any atom is 0.207 e. The van der Waals surface area contributed by atoms with E-state index in [1.165, 1.54) is 6.07 Å². The predicted molar refractivity (Wildman–Crippen MR) is 74.9 cm³/mol. The molecule has 96 valence electrons. The SMILES string of the molecule is CCNc1nc(C)cn1-c1cc(F)c(Br)cc1C. The topological polar surface area (TPSA) is 29.9 Å². The first-order chi connectivity index (χ1) is 8.52. The molecular formula is C13H15BrFN3. The summed E-state index contributed by atoms with van der Waals surface area (Å²) in [6.45, 7) is 6.64. The molecule has 0 amide bonds. The molecule has 0 fully saturated rings. The summed E-state index contributed by atoms with van der Waals surface area (Å²) in [7, 11) is 0. The fourth-order valence-corrected chi connectivity index (χ4v) is 2.32. The summed E-state index contributed by atoms with van der Waals surface area (Å²) in [5.41, 5.74) is 2.68. The van der Waals surface area contributed by atoms with Gasteiger partial charge in [0.15, 0.2) is 0 Å². The van der Waals surface area contributed by atoms with E-state index >= 15 is 0 Å². The molecule has 0 saturated carbocycles. The van der Waals surface area contributed by atoms with Gasteiger partial charge < -0.3 is 5.32 Å². The van der Waals surface area contributed by atoms with Crippen LogP contribution in [0.3, 0.4) is 0 Å². The minimum atomic E-state index is -0.274. The van der Waals surface area contributed by atoms with Crippen molar-refractivity contribution in [2.75, 3.05) is 11.9 Å². The average Bonchev–Trinajstić information content (AvgIpc) is 2.65. The molecule has 2 rings (SSSR count). The molecule has 0 unspecified atom stereocenters. The van der Waals surface area contributed by atoms with Gasteiger partial charge in [-0.2, -0.15) is 0 Å². The van der Waals surface area contributed by atoms with Gasteiger partial charge in [0.1, 0.15) is 5.82 Å². The van der Waals surface area contributed by atoms with E-state index in [1.807, 2.05) is 31.5 Å². The molecule has 0 aliphatic heterocycles. The van der Waals surface area contributed by atoms with Crippen LogP contribution in [-0.4, -0.2) is 16.1 Å². The second kappa shape index (κ2) is 5.10. The van der Waals surface area contributed by atoms with Crippen LogP contribution >= 0.6 is 15.9 Å². The molecule has 0 aliphatic rings. The Labute approximate surface area is 114 Å². The largest absolute Gasteiger partial charge is 0.356 e. The lowest BCUT2D eigenvalue weighted by Gasteiger charge is -2.12. The Kier molecular flexibility index (Phi) is 3.71. The number of nitrogens with zero attached hydrogens (tertiary/aromatic N) is 2. The van der Waals surface area contributed by atoms with Crippen LogP contribution in [0, 0.1) is 19.7 Å². The molecule has 1 aromatic carbocycles. The number of rotatable bonds is 3. The van der Waals surface area contributed by atoms with Crippen LogP contribution in [-0.2, 0) is 0 Å². The number of aromatic nitrogens is 2. The Morgan fingerprint density at radius 2 is 2.11 bits per heavy atom. The quantitative estimate of drug-likeness (QED) is 0.933. The summed E-state index contributed by atoms with van der Waals surface area (Å²) in [6.07, 6.45) is 1.90. The summed E-state index contributed by atoms with van der Waals surface area (Å²) in [5, 5.41) is 3.17. The van der Waals surface area contributed by atoms with Crippen molar-refractivity contribution in [1.29, 1.82) is 0 Å². The highest BCUT2D eigenvalue weighted by atomic mass is 79.9. The fourth-order valence-electron chi connectivity index (χ4n) is 1.86. The Hall–Kier alpha value is -1.36. The lowest BCUT2D eigenvalue weighted by Crippen LogP contribution is -2.06. The average molecular weight is 312 g/mol. The van der Waals surface area contributed by atoms with Gasteiger partial charge in [-0.1, -0.05) is 0 Å². The zero-order chi connectivity index (χ0) is 13.3. The molecule has 18 heavy (non-hydrogen) atoms. The third-order valence-corrected chi connectivity index (χ3v) is 3.27.